The number of aryl methyl sites for hydroxylation is 2. The molecule has 0 saturated heterocycles. The van der Waals surface area contributed by atoms with Crippen molar-refractivity contribution in [2.45, 2.75) is 32.4 Å². The Morgan fingerprint density at radius 1 is 1.36 bits per heavy atom. The number of nitrogens with two attached hydrogens (primary N) is 1. The van der Waals surface area contributed by atoms with Crippen LogP contribution in [0.25, 0.3) is 10.2 Å². The summed E-state index contributed by atoms with van der Waals surface area (Å²) >= 11 is 3.09. The normalized spacial score (nSPS) is 13.1. The Balaban J connectivity index is 0.00000113. The van der Waals surface area contributed by atoms with E-state index in [0.717, 1.165) is 48.3 Å². The minimum Gasteiger partial charge on any atom is -0.375 e. The highest BCUT2D eigenvalue weighted by Gasteiger charge is 2.19. The lowest BCUT2D eigenvalue weighted by Crippen LogP contribution is -2.25. The Morgan fingerprint density at radius 3 is 2.96 bits per heavy atom. The summed E-state index contributed by atoms with van der Waals surface area (Å²) in [6.07, 6.45) is 4.26. The molecule has 3 aromatic heterocycles. The van der Waals surface area contributed by atoms with Crippen molar-refractivity contribution in [1.82, 2.24) is 19.9 Å². The summed E-state index contributed by atoms with van der Waals surface area (Å²) in [6.45, 7) is 2.43. The number of nitrogens with one attached hydrogen (secondary N) is 1. The molecule has 0 amide bonds. The number of thiophene rings is 1. The molecule has 136 valence electrons. The van der Waals surface area contributed by atoms with Gasteiger partial charge < -0.3 is 11.1 Å². The molecule has 10 heteroatoms. The van der Waals surface area contributed by atoms with Crippen molar-refractivity contribution in [3.8, 4) is 0 Å². The van der Waals surface area contributed by atoms with Gasteiger partial charge in [0.1, 0.15) is 4.83 Å². The Morgan fingerprint density at radius 2 is 2.20 bits per heavy atom. The van der Waals surface area contributed by atoms with Gasteiger partial charge in [-0.1, -0.05) is 0 Å². The predicted octanol–water partition coefficient (Wildman–Crippen LogP) is 2.62. The number of thiazole rings is 1. The van der Waals surface area contributed by atoms with Crippen LogP contribution in [0.5, 0.6) is 0 Å². The van der Waals surface area contributed by atoms with Gasteiger partial charge in [-0.25, -0.2) is 9.97 Å². The second kappa shape index (κ2) is 8.46. The monoisotopic (exact) mass is 419 g/mol. The first kappa shape index (κ1) is 20.1. The molecule has 4 heterocycles. The van der Waals surface area contributed by atoms with Gasteiger partial charge >= 0.3 is 0 Å². The predicted molar refractivity (Wildman–Crippen MR) is 109 cm³/mol. The molecule has 0 fully saturated rings. The Bertz CT molecular complexity index is 920. The summed E-state index contributed by atoms with van der Waals surface area (Å²) in [5.41, 5.74) is 7.92. The second-order valence-electron chi connectivity index (χ2n) is 5.63. The van der Waals surface area contributed by atoms with Crippen LogP contribution in [-0.4, -0.2) is 21.1 Å². The summed E-state index contributed by atoms with van der Waals surface area (Å²) in [4.78, 5) is 23.7. The van der Waals surface area contributed by atoms with E-state index in [-0.39, 0.29) is 30.4 Å². The zero-order valence-corrected chi connectivity index (χ0v) is 16.6. The highest BCUT2D eigenvalue weighted by atomic mass is 35.5. The maximum atomic E-state index is 12.8. The van der Waals surface area contributed by atoms with E-state index in [0.29, 0.717) is 11.7 Å². The van der Waals surface area contributed by atoms with Crippen LogP contribution in [0.2, 0.25) is 0 Å². The fourth-order valence-corrected chi connectivity index (χ4v) is 4.72. The summed E-state index contributed by atoms with van der Waals surface area (Å²) in [6, 6.07) is 0. The molecule has 1 aliphatic rings. The fourth-order valence-electron chi connectivity index (χ4n) is 2.98. The summed E-state index contributed by atoms with van der Waals surface area (Å²) in [5.74, 6) is 0. The van der Waals surface area contributed by atoms with Crippen molar-refractivity contribution in [1.29, 1.82) is 0 Å². The second-order valence-corrected chi connectivity index (χ2v) is 7.61. The molecular weight excluding hydrogens is 401 g/mol. The van der Waals surface area contributed by atoms with E-state index in [1.165, 1.54) is 21.8 Å². The van der Waals surface area contributed by atoms with E-state index < -0.39 is 0 Å². The molecule has 4 rings (SSSR count). The third-order valence-electron chi connectivity index (χ3n) is 4.10. The van der Waals surface area contributed by atoms with Gasteiger partial charge in [-0.3, -0.25) is 9.36 Å². The molecule has 1 aliphatic heterocycles. The first-order valence-corrected chi connectivity index (χ1v) is 9.32. The number of nitrogen functional groups attached to an aromatic ring is 1. The van der Waals surface area contributed by atoms with E-state index in [9.17, 15) is 4.79 Å². The van der Waals surface area contributed by atoms with Crippen molar-refractivity contribution >= 4 is 62.8 Å². The molecule has 0 aliphatic carbocycles. The SMILES string of the molecule is Cl.Cl.Nc1nc(CCCn2cnc3sc4c(c3c2=O)CCNC4)cs1. The molecular formula is C15H19Cl2N5OS2. The van der Waals surface area contributed by atoms with Crippen LogP contribution in [-0.2, 0) is 25.9 Å². The number of rotatable bonds is 4. The fraction of sp³-hybridized carbons (Fsp3) is 0.400. The summed E-state index contributed by atoms with van der Waals surface area (Å²) in [7, 11) is 0. The van der Waals surface area contributed by atoms with Gasteiger partial charge in [0.25, 0.3) is 5.56 Å². The van der Waals surface area contributed by atoms with Crippen LogP contribution in [0.4, 0.5) is 5.13 Å². The molecule has 6 nitrogen and oxygen atoms in total. The number of aromatic nitrogens is 3. The lowest BCUT2D eigenvalue weighted by Gasteiger charge is -2.12. The highest BCUT2D eigenvalue weighted by molar-refractivity contribution is 7.18. The number of hydrogen-bond acceptors (Lipinski definition) is 7. The summed E-state index contributed by atoms with van der Waals surface area (Å²) in [5, 5.41) is 6.74. The molecule has 3 N–H and O–H groups in total. The Hall–Kier alpha value is -1.19. The van der Waals surface area contributed by atoms with E-state index in [2.05, 4.69) is 15.3 Å². The molecule has 0 radical (unpaired) electrons. The maximum absolute atomic E-state index is 12.8. The Labute approximate surface area is 165 Å². The van der Waals surface area contributed by atoms with Crippen LogP contribution < -0.4 is 16.6 Å². The van der Waals surface area contributed by atoms with Gasteiger partial charge in [0.2, 0.25) is 0 Å². The van der Waals surface area contributed by atoms with E-state index in [1.807, 2.05) is 5.38 Å². The molecule has 0 saturated carbocycles. The quantitative estimate of drug-likeness (QED) is 0.678. The van der Waals surface area contributed by atoms with E-state index in [1.54, 1.807) is 22.2 Å². The highest BCUT2D eigenvalue weighted by Crippen LogP contribution is 2.29. The zero-order valence-electron chi connectivity index (χ0n) is 13.4. The number of hydrogen-bond donors (Lipinski definition) is 2. The minimum absolute atomic E-state index is 0. The van der Waals surface area contributed by atoms with Crippen molar-refractivity contribution in [3.05, 3.63) is 38.2 Å². The van der Waals surface area contributed by atoms with Gasteiger partial charge in [0, 0.05) is 23.3 Å². The maximum Gasteiger partial charge on any atom is 0.262 e. The van der Waals surface area contributed by atoms with E-state index >= 15 is 0 Å². The number of halogens is 2. The molecule has 0 aromatic carbocycles. The standard InChI is InChI=1S/C15H17N5OS2.2ClH/c16-15-19-9(7-22-15)2-1-5-20-8-18-13-12(14(20)21)10-3-4-17-6-11(10)23-13;;/h7-8,17H,1-6H2,(H2,16,19);2*1H. The third-order valence-corrected chi connectivity index (χ3v) is 5.96. The Kier molecular flexibility index (Phi) is 6.81. The van der Waals surface area contributed by atoms with Crippen LogP contribution in [0, 0.1) is 0 Å². The van der Waals surface area contributed by atoms with Crippen molar-refractivity contribution in [3.63, 3.8) is 0 Å². The van der Waals surface area contributed by atoms with Crippen LogP contribution in [0.3, 0.4) is 0 Å². The molecule has 3 aromatic rings. The largest absolute Gasteiger partial charge is 0.375 e. The number of fused-ring (bicyclic) bond motifs is 3. The van der Waals surface area contributed by atoms with Crippen molar-refractivity contribution in [2.24, 2.45) is 0 Å². The first-order valence-electron chi connectivity index (χ1n) is 7.62. The van der Waals surface area contributed by atoms with Crippen LogP contribution in [0.1, 0.15) is 22.6 Å². The molecule has 0 spiro atoms. The molecule has 0 bridgehead atoms. The lowest BCUT2D eigenvalue weighted by molar-refractivity contribution is 0.613. The summed E-state index contributed by atoms with van der Waals surface area (Å²) < 4.78 is 1.73. The van der Waals surface area contributed by atoms with E-state index in [4.69, 9.17) is 5.73 Å². The molecule has 0 unspecified atom stereocenters. The lowest BCUT2D eigenvalue weighted by atomic mass is 10.1. The van der Waals surface area contributed by atoms with Gasteiger partial charge in [0.05, 0.1) is 17.4 Å². The van der Waals surface area contributed by atoms with Crippen molar-refractivity contribution in [2.75, 3.05) is 12.3 Å². The average molecular weight is 420 g/mol. The molecule has 0 atom stereocenters. The number of nitrogens with zero attached hydrogens (tertiary/aromatic N) is 3. The first-order chi connectivity index (χ1) is 11.2. The van der Waals surface area contributed by atoms with Crippen LogP contribution >= 0.6 is 47.5 Å². The van der Waals surface area contributed by atoms with Gasteiger partial charge in [-0.15, -0.1) is 47.5 Å². The minimum atomic E-state index is 0. The van der Waals surface area contributed by atoms with Gasteiger partial charge in [0.15, 0.2) is 5.13 Å². The third kappa shape index (κ3) is 3.98. The van der Waals surface area contributed by atoms with Crippen LogP contribution in [0.15, 0.2) is 16.5 Å². The smallest absolute Gasteiger partial charge is 0.262 e. The zero-order chi connectivity index (χ0) is 15.8. The topological polar surface area (TPSA) is 85.8 Å². The van der Waals surface area contributed by atoms with Gasteiger partial charge in [-0.05, 0) is 31.4 Å². The van der Waals surface area contributed by atoms with Gasteiger partial charge in [-0.2, -0.15) is 0 Å². The number of anilines is 1. The van der Waals surface area contributed by atoms with Crippen molar-refractivity contribution < 1.29 is 0 Å². The molecule has 25 heavy (non-hydrogen) atoms. The average Bonchev–Trinajstić information content (AvgIpc) is 3.13.